The first kappa shape index (κ1) is 15.5. The van der Waals surface area contributed by atoms with E-state index in [1.165, 1.54) is 18.4 Å². The van der Waals surface area contributed by atoms with Gasteiger partial charge in [0.05, 0.1) is 18.0 Å². The number of aliphatic hydroxyl groups excluding tert-OH is 1. The molecule has 0 aliphatic heterocycles. The molecular formula is C18H23NO2. The number of hydrogen-bond donors (Lipinski definition) is 1. The van der Waals surface area contributed by atoms with Gasteiger partial charge in [0.1, 0.15) is 11.5 Å². The Morgan fingerprint density at radius 3 is 2.33 bits per heavy atom. The van der Waals surface area contributed by atoms with Crippen LogP contribution in [0.3, 0.4) is 0 Å². The first-order valence-corrected chi connectivity index (χ1v) is 7.63. The maximum atomic E-state index is 9.71. The van der Waals surface area contributed by atoms with Crippen LogP contribution in [0.25, 0.3) is 0 Å². The fraction of sp³-hybridized carbons (Fsp3) is 0.389. The van der Waals surface area contributed by atoms with Crippen molar-refractivity contribution in [1.82, 2.24) is 4.98 Å². The zero-order chi connectivity index (χ0) is 15.1. The van der Waals surface area contributed by atoms with Crippen LogP contribution in [0, 0.1) is 0 Å². The van der Waals surface area contributed by atoms with Gasteiger partial charge < -0.3 is 9.84 Å². The van der Waals surface area contributed by atoms with E-state index in [4.69, 9.17) is 4.74 Å². The molecule has 0 saturated heterocycles. The van der Waals surface area contributed by atoms with Crippen molar-refractivity contribution in [3.05, 3.63) is 53.9 Å². The van der Waals surface area contributed by atoms with Crippen LogP contribution in [-0.4, -0.2) is 10.1 Å². The molecule has 2 rings (SSSR count). The summed E-state index contributed by atoms with van der Waals surface area (Å²) in [5, 5.41) is 9.71. The number of pyridine rings is 1. The Morgan fingerprint density at radius 2 is 1.76 bits per heavy atom. The zero-order valence-electron chi connectivity index (χ0n) is 12.7. The maximum absolute atomic E-state index is 9.71. The normalized spacial score (nSPS) is 12.1. The van der Waals surface area contributed by atoms with E-state index >= 15 is 0 Å². The third-order valence-electron chi connectivity index (χ3n) is 3.47. The van der Waals surface area contributed by atoms with Gasteiger partial charge in [-0.05, 0) is 49.1 Å². The summed E-state index contributed by atoms with van der Waals surface area (Å²) < 4.78 is 5.76. The predicted octanol–water partition coefficient (Wildman–Crippen LogP) is 4.66. The van der Waals surface area contributed by atoms with Crippen molar-refractivity contribution in [3.63, 3.8) is 0 Å². The number of nitrogens with zero attached hydrogens (tertiary/aromatic N) is 1. The van der Waals surface area contributed by atoms with E-state index in [0.717, 1.165) is 12.2 Å². The summed E-state index contributed by atoms with van der Waals surface area (Å²) in [5.41, 5.74) is 2.02. The van der Waals surface area contributed by atoms with Crippen molar-refractivity contribution in [2.24, 2.45) is 0 Å². The van der Waals surface area contributed by atoms with Crippen LogP contribution < -0.4 is 4.74 Å². The number of benzene rings is 1. The van der Waals surface area contributed by atoms with Crippen LogP contribution in [0.4, 0.5) is 0 Å². The molecule has 1 atom stereocenters. The number of unbranched alkanes of at least 4 members (excludes halogenated alkanes) is 1. The molecule has 0 bridgehead atoms. The van der Waals surface area contributed by atoms with E-state index < -0.39 is 6.10 Å². The summed E-state index contributed by atoms with van der Waals surface area (Å²) >= 11 is 0. The second-order valence-electron chi connectivity index (χ2n) is 5.19. The van der Waals surface area contributed by atoms with Crippen LogP contribution in [0.2, 0.25) is 0 Å². The van der Waals surface area contributed by atoms with Crippen LogP contribution >= 0.6 is 0 Å². The summed E-state index contributed by atoms with van der Waals surface area (Å²) in [6.07, 6.45) is 5.34. The van der Waals surface area contributed by atoms with Crippen molar-refractivity contribution >= 4 is 0 Å². The molecule has 1 aromatic heterocycles. The molecule has 0 saturated carbocycles. The van der Waals surface area contributed by atoms with Gasteiger partial charge in [0.2, 0.25) is 0 Å². The molecule has 21 heavy (non-hydrogen) atoms. The van der Waals surface area contributed by atoms with E-state index in [1.54, 1.807) is 12.3 Å². The number of rotatable bonds is 7. The van der Waals surface area contributed by atoms with Crippen LogP contribution in [0.5, 0.6) is 11.5 Å². The third-order valence-corrected chi connectivity index (χ3v) is 3.47. The minimum Gasteiger partial charge on any atom is -0.456 e. The summed E-state index contributed by atoms with van der Waals surface area (Å²) in [7, 11) is 0. The Kier molecular flexibility index (Phi) is 5.76. The standard InChI is InChI=1S/C18H23NO2/c1-3-5-6-14-7-9-15(10-8-14)21-16-11-12-17(19-13-16)18(20)4-2/h7-13,18,20H,3-6H2,1-2H3. The minimum atomic E-state index is -0.503. The second-order valence-corrected chi connectivity index (χ2v) is 5.19. The lowest BCUT2D eigenvalue weighted by Gasteiger charge is -2.09. The molecule has 1 N–H and O–H groups in total. The fourth-order valence-electron chi connectivity index (χ4n) is 2.10. The van der Waals surface area contributed by atoms with E-state index in [1.807, 2.05) is 25.1 Å². The smallest absolute Gasteiger partial charge is 0.145 e. The molecule has 0 amide bonds. The van der Waals surface area contributed by atoms with Crippen LogP contribution in [0.15, 0.2) is 42.6 Å². The highest BCUT2D eigenvalue weighted by Gasteiger charge is 2.06. The van der Waals surface area contributed by atoms with Crippen molar-refractivity contribution in [2.45, 2.75) is 45.6 Å². The summed E-state index contributed by atoms with van der Waals surface area (Å²) in [6, 6.07) is 11.8. The van der Waals surface area contributed by atoms with Crippen molar-refractivity contribution in [3.8, 4) is 11.5 Å². The topological polar surface area (TPSA) is 42.4 Å². The minimum absolute atomic E-state index is 0.503. The summed E-state index contributed by atoms with van der Waals surface area (Å²) in [5.74, 6) is 1.49. The number of aliphatic hydroxyl groups is 1. The van der Waals surface area contributed by atoms with Gasteiger partial charge >= 0.3 is 0 Å². The first-order valence-electron chi connectivity index (χ1n) is 7.63. The Balaban J connectivity index is 1.97. The van der Waals surface area contributed by atoms with Gasteiger partial charge in [-0.25, -0.2) is 0 Å². The third kappa shape index (κ3) is 4.57. The van der Waals surface area contributed by atoms with Gasteiger partial charge in [0, 0.05) is 0 Å². The Morgan fingerprint density at radius 1 is 1.05 bits per heavy atom. The Hall–Kier alpha value is -1.87. The number of aryl methyl sites for hydroxylation is 1. The van der Waals surface area contributed by atoms with Gasteiger partial charge in [-0.3, -0.25) is 4.98 Å². The molecule has 1 aromatic carbocycles. The van der Waals surface area contributed by atoms with Crippen LogP contribution in [0.1, 0.15) is 50.5 Å². The maximum Gasteiger partial charge on any atom is 0.145 e. The monoisotopic (exact) mass is 285 g/mol. The quantitative estimate of drug-likeness (QED) is 0.804. The molecule has 0 aliphatic carbocycles. The van der Waals surface area contributed by atoms with E-state index in [2.05, 4.69) is 24.0 Å². The van der Waals surface area contributed by atoms with Gasteiger partial charge in [-0.15, -0.1) is 0 Å². The van der Waals surface area contributed by atoms with Crippen molar-refractivity contribution in [1.29, 1.82) is 0 Å². The molecule has 3 heteroatoms. The molecule has 1 unspecified atom stereocenters. The van der Waals surface area contributed by atoms with E-state index in [-0.39, 0.29) is 0 Å². The molecule has 0 fully saturated rings. The van der Waals surface area contributed by atoms with E-state index in [0.29, 0.717) is 17.9 Å². The van der Waals surface area contributed by atoms with E-state index in [9.17, 15) is 5.11 Å². The largest absolute Gasteiger partial charge is 0.456 e. The predicted molar refractivity (Wildman–Crippen MR) is 84.6 cm³/mol. The molecule has 0 aliphatic rings. The average Bonchev–Trinajstić information content (AvgIpc) is 2.54. The highest BCUT2D eigenvalue weighted by molar-refractivity contribution is 5.32. The van der Waals surface area contributed by atoms with Gasteiger partial charge in [-0.1, -0.05) is 32.4 Å². The Bertz CT molecular complexity index is 534. The van der Waals surface area contributed by atoms with Gasteiger partial charge in [-0.2, -0.15) is 0 Å². The molecule has 3 nitrogen and oxygen atoms in total. The fourth-order valence-corrected chi connectivity index (χ4v) is 2.10. The number of aromatic nitrogens is 1. The molecule has 0 spiro atoms. The summed E-state index contributed by atoms with van der Waals surface area (Å²) in [6.45, 7) is 4.13. The van der Waals surface area contributed by atoms with Crippen molar-refractivity contribution in [2.75, 3.05) is 0 Å². The summed E-state index contributed by atoms with van der Waals surface area (Å²) in [4.78, 5) is 4.23. The molecule has 2 aromatic rings. The lowest BCUT2D eigenvalue weighted by Crippen LogP contribution is -1.98. The molecule has 112 valence electrons. The molecular weight excluding hydrogens is 262 g/mol. The zero-order valence-corrected chi connectivity index (χ0v) is 12.7. The molecule has 0 radical (unpaired) electrons. The second kappa shape index (κ2) is 7.79. The SMILES string of the molecule is CCCCc1ccc(Oc2ccc(C(O)CC)nc2)cc1. The average molecular weight is 285 g/mol. The first-order chi connectivity index (χ1) is 10.2. The highest BCUT2D eigenvalue weighted by Crippen LogP contribution is 2.23. The highest BCUT2D eigenvalue weighted by atomic mass is 16.5. The lowest BCUT2D eigenvalue weighted by atomic mass is 10.1. The number of ether oxygens (including phenoxy) is 1. The van der Waals surface area contributed by atoms with Gasteiger partial charge in [0.15, 0.2) is 0 Å². The number of hydrogen-bond acceptors (Lipinski definition) is 3. The lowest BCUT2D eigenvalue weighted by molar-refractivity contribution is 0.169. The van der Waals surface area contributed by atoms with Crippen molar-refractivity contribution < 1.29 is 9.84 Å². The van der Waals surface area contributed by atoms with Gasteiger partial charge in [0.25, 0.3) is 0 Å². The Labute approximate surface area is 126 Å². The molecule has 1 heterocycles. The van der Waals surface area contributed by atoms with Crippen LogP contribution in [-0.2, 0) is 6.42 Å².